The molecular formula is C14H24N2O2. The lowest BCUT2D eigenvalue weighted by Gasteiger charge is -2.26. The van der Waals surface area contributed by atoms with Gasteiger partial charge in [0.2, 0.25) is 0 Å². The number of carbonyl (C=O) groups is 1. The van der Waals surface area contributed by atoms with Gasteiger partial charge in [0.1, 0.15) is 5.60 Å². The van der Waals surface area contributed by atoms with E-state index in [1.54, 1.807) is 4.90 Å². The SMILES string of the molecule is CN(C)CC#C[C@H]1CCCN1C(=O)OC(C)(C)C. The second-order valence-corrected chi connectivity index (χ2v) is 5.89. The third kappa shape index (κ3) is 4.97. The Morgan fingerprint density at radius 2 is 2.11 bits per heavy atom. The van der Waals surface area contributed by atoms with Crippen molar-refractivity contribution in [3.8, 4) is 11.8 Å². The minimum absolute atomic E-state index is 0.0137. The highest BCUT2D eigenvalue weighted by Crippen LogP contribution is 2.20. The van der Waals surface area contributed by atoms with Crippen molar-refractivity contribution in [2.75, 3.05) is 27.2 Å². The van der Waals surface area contributed by atoms with Gasteiger partial charge in [-0.15, -0.1) is 0 Å². The lowest BCUT2D eigenvalue weighted by molar-refractivity contribution is 0.0261. The molecule has 0 bridgehead atoms. The Balaban J connectivity index is 2.58. The quantitative estimate of drug-likeness (QED) is 0.669. The van der Waals surface area contributed by atoms with Gasteiger partial charge >= 0.3 is 6.09 Å². The molecule has 102 valence electrons. The summed E-state index contributed by atoms with van der Waals surface area (Å²) in [5.74, 6) is 6.26. The van der Waals surface area contributed by atoms with Gasteiger partial charge in [0.15, 0.2) is 0 Å². The Morgan fingerprint density at radius 3 is 2.67 bits per heavy atom. The molecule has 1 aliphatic heterocycles. The van der Waals surface area contributed by atoms with E-state index in [4.69, 9.17) is 4.74 Å². The average molecular weight is 252 g/mol. The molecule has 0 spiro atoms. The van der Waals surface area contributed by atoms with E-state index in [1.165, 1.54) is 0 Å². The molecule has 0 saturated carbocycles. The standard InChI is InChI=1S/C14H24N2O2/c1-14(2,3)18-13(17)16-11-7-9-12(16)8-6-10-15(4)5/h12H,7,9-11H2,1-5H3/t12-/m0/s1. The summed E-state index contributed by atoms with van der Waals surface area (Å²) in [4.78, 5) is 15.8. The summed E-state index contributed by atoms with van der Waals surface area (Å²) in [6, 6.07) is 0.0137. The summed E-state index contributed by atoms with van der Waals surface area (Å²) in [6.07, 6.45) is 1.70. The molecule has 0 aromatic rings. The Hall–Kier alpha value is -1.21. The third-order valence-electron chi connectivity index (χ3n) is 2.54. The molecule has 1 fully saturated rings. The van der Waals surface area contributed by atoms with Crippen molar-refractivity contribution in [2.24, 2.45) is 0 Å². The molecular weight excluding hydrogens is 228 g/mol. The van der Waals surface area contributed by atoms with Crippen LogP contribution in [0.4, 0.5) is 4.79 Å². The van der Waals surface area contributed by atoms with E-state index in [9.17, 15) is 4.79 Å². The molecule has 4 nitrogen and oxygen atoms in total. The molecule has 0 aromatic carbocycles. The lowest BCUT2D eigenvalue weighted by Crippen LogP contribution is -2.39. The summed E-state index contributed by atoms with van der Waals surface area (Å²) in [7, 11) is 3.96. The van der Waals surface area contributed by atoms with Gasteiger partial charge in [-0.3, -0.25) is 9.80 Å². The maximum absolute atomic E-state index is 12.0. The van der Waals surface area contributed by atoms with Crippen LogP contribution in [0.25, 0.3) is 0 Å². The van der Waals surface area contributed by atoms with Crippen LogP contribution in [-0.2, 0) is 4.74 Å². The van der Waals surface area contributed by atoms with Crippen LogP contribution in [0.5, 0.6) is 0 Å². The first-order chi connectivity index (χ1) is 8.29. The van der Waals surface area contributed by atoms with E-state index in [-0.39, 0.29) is 12.1 Å². The Morgan fingerprint density at radius 1 is 1.44 bits per heavy atom. The van der Waals surface area contributed by atoms with Gasteiger partial charge in [0.05, 0.1) is 12.6 Å². The van der Waals surface area contributed by atoms with Crippen molar-refractivity contribution in [1.82, 2.24) is 9.80 Å². The number of likely N-dealkylation sites (tertiary alicyclic amines) is 1. The van der Waals surface area contributed by atoms with E-state index < -0.39 is 5.60 Å². The van der Waals surface area contributed by atoms with Crippen LogP contribution in [0.3, 0.4) is 0 Å². The van der Waals surface area contributed by atoms with E-state index in [1.807, 2.05) is 39.8 Å². The third-order valence-corrected chi connectivity index (χ3v) is 2.54. The largest absolute Gasteiger partial charge is 0.444 e. The summed E-state index contributed by atoms with van der Waals surface area (Å²) >= 11 is 0. The second-order valence-electron chi connectivity index (χ2n) is 5.89. The number of ether oxygens (including phenoxy) is 1. The van der Waals surface area contributed by atoms with Crippen molar-refractivity contribution in [3.63, 3.8) is 0 Å². The van der Waals surface area contributed by atoms with Crippen LogP contribution in [0, 0.1) is 11.8 Å². The molecule has 0 radical (unpaired) electrons. The predicted molar refractivity (Wildman–Crippen MR) is 72.3 cm³/mol. The van der Waals surface area contributed by atoms with Crippen LogP contribution in [0.15, 0.2) is 0 Å². The number of hydrogen-bond donors (Lipinski definition) is 0. The fourth-order valence-electron chi connectivity index (χ4n) is 1.78. The highest BCUT2D eigenvalue weighted by atomic mass is 16.6. The first kappa shape index (κ1) is 14.8. The minimum Gasteiger partial charge on any atom is -0.444 e. The lowest BCUT2D eigenvalue weighted by atomic mass is 10.2. The molecule has 0 N–H and O–H groups in total. The van der Waals surface area contributed by atoms with Crippen LogP contribution in [-0.4, -0.2) is 54.7 Å². The van der Waals surface area contributed by atoms with Gasteiger partial charge in [0, 0.05) is 6.54 Å². The fourth-order valence-corrected chi connectivity index (χ4v) is 1.78. The summed E-state index contributed by atoms with van der Waals surface area (Å²) in [5.41, 5.74) is -0.443. The van der Waals surface area contributed by atoms with Crippen LogP contribution in [0.2, 0.25) is 0 Å². The highest BCUT2D eigenvalue weighted by Gasteiger charge is 2.30. The van der Waals surface area contributed by atoms with Gasteiger partial charge in [-0.1, -0.05) is 11.8 Å². The zero-order chi connectivity index (χ0) is 13.8. The Labute approximate surface area is 110 Å². The number of amides is 1. The number of hydrogen-bond acceptors (Lipinski definition) is 3. The van der Waals surface area contributed by atoms with Crippen LogP contribution in [0.1, 0.15) is 33.6 Å². The van der Waals surface area contributed by atoms with Crippen molar-refractivity contribution in [2.45, 2.75) is 45.3 Å². The van der Waals surface area contributed by atoms with E-state index >= 15 is 0 Å². The van der Waals surface area contributed by atoms with Gasteiger partial charge in [-0.2, -0.15) is 0 Å². The molecule has 1 atom stereocenters. The molecule has 18 heavy (non-hydrogen) atoms. The molecule has 1 heterocycles. The van der Waals surface area contributed by atoms with Gasteiger partial charge in [-0.25, -0.2) is 4.79 Å². The molecule has 1 saturated heterocycles. The van der Waals surface area contributed by atoms with Crippen molar-refractivity contribution >= 4 is 6.09 Å². The van der Waals surface area contributed by atoms with Crippen LogP contribution >= 0.6 is 0 Å². The fraction of sp³-hybridized carbons (Fsp3) is 0.786. The minimum atomic E-state index is -0.443. The Kier molecular flexibility index (Phi) is 5.03. The summed E-state index contributed by atoms with van der Waals surface area (Å²) in [6.45, 7) is 7.12. The Bertz CT molecular complexity index is 347. The summed E-state index contributed by atoms with van der Waals surface area (Å²) < 4.78 is 5.39. The molecule has 4 heteroatoms. The van der Waals surface area contributed by atoms with Crippen molar-refractivity contribution in [1.29, 1.82) is 0 Å². The normalized spacial score (nSPS) is 19.7. The van der Waals surface area contributed by atoms with Gasteiger partial charge in [-0.05, 0) is 47.7 Å². The summed E-state index contributed by atoms with van der Waals surface area (Å²) in [5, 5.41) is 0. The number of rotatable bonds is 1. The molecule has 1 aliphatic rings. The zero-order valence-electron chi connectivity index (χ0n) is 12.1. The molecule has 1 rings (SSSR count). The van der Waals surface area contributed by atoms with Crippen molar-refractivity contribution < 1.29 is 9.53 Å². The molecule has 0 unspecified atom stereocenters. The maximum atomic E-state index is 12.0. The molecule has 1 amide bonds. The van der Waals surface area contributed by atoms with Crippen LogP contribution < -0.4 is 0 Å². The van der Waals surface area contributed by atoms with E-state index in [0.29, 0.717) is 0 Å². The monoisotopic (exact) mass is 252 g/mol. The molecule has 0 aromatic heterocycles. The highest BCUT2D eigenvalue weighted by molar-refractivity contribution is 5.69. The smallest absolute Gasteiger partial charge is 0.411 e. The number of nitrogens with zero attached hydrogens (tertiary/aromatic N) is 2. The maximum Gasteiger partial charge on any atom is 0.411 e. The van der Waals surface area contributed by atoms with E-state index in [0.717, 1.165) is 25.9 Å². The van der Waals surface area contributed by atoms with Crippen molar-refractivity contribution in [3.05, 3.63) is 0 Å². The number of carbonyl (C=O) groups excluding carboxylic acids is 1. The zero-order valence-corrected chi connectivity index (χ0v) is 12.1. The molecule has 0 aliphatic carbocycles. The van der Waals surface area contributed by atoms with Gasteiger partial charge in [0.25, 0.3) is 0 Å². The van der Waals surface area contributed by atoms with E-state index in [2.05, 4.69) is 11.8 Å². The average Bonchev–Trinajstić information content (AvgIpc) is 2.62. The predicted octanol–water partition coefficient (Wildman–Crippen LogP) is 1.95. The van der Waals surface area contributed by atoms with Gasteiger partial charge < -0.3 is 4.74 Å². The second kappa shape index (κ2) is 6.10. The first-order valence-electron chi connectivity index (χ1n) is 6.42. The first-order valence-corrected chi connectivity index (χ1v) is 6.42. The topological polar surface area (TPSA) is 32.8 Å².